The molecule has 0 aromatic heterocycles. The lowest BCUT2D eigenvalue weighted by molar-refractivity contribution is 0.627. The maximum absolute atomic E-state index is 13.0. The molecule has 0 unspecified atom stereocenters. The van der Waals surface area contributed by atoms with E-state index in [-0.39, 0.29) is 5.82 Å². The Morgan fingerprint density at radius 1 is 1.47 bits per heavy atom. The van der Waals surface area contributed by atoms with Crippen LogP contribution in [0, 0.1) is 11.2 Å². The summed E-state index contributed by atoms with van der Waals surface area (Å²) in [6.45, 7) is 0.767. The van der Waals surface area contributed by atoms with Gasteiger partial charge in [0.05, 0.1) is 10.7 Å². The van der Waals surface area contributed by atoms with Gasteiger partial charge in [-0.2, -0.15) is 0 Å². The molecule has 0 amide bonds. The fraction of sp³-hybridized carbons (Fsp3) is 0.300. The van der Waals surface area contributed by atoms with Gasteiger partial charge in [0.2, 0.25) is 0 Å². The largest absolute Gasteiger partial charge is 0.328 e. The molecule has 1 aliphatic rings. The first-order chi connectivity index (χ1) is 7.09. The normalized spacial score (nSPS) is 16.2. The molecule has 0 atom stereocenters. The number of amidine groups is 1. The highest BCUT2D eigenvalue weighted by molar-refractivity contribution is 9.10. The Morgan fingerprint density at radius 3 is 2.73 bits per heavy atom. The first-order valence-electron chi connectivity index (χ1n) is 4.59. The van der Waals surface area contributed by atoms with Crippen molar-refractivity contribution in [1.82, 2.24) is 0 Å². The molecule has 1 heterocycles. The van der Waals surface area contributed by atoms with E-state index in [4.69, 9.17) is 17.0 Å². The van der Waals surface area contributed by atoms with Crippen molar-refractivity contribution in [2.75, 3.05) is 11.4 Å². The lowest BCUT2D eigenvalue weighted by atomic mass is 10.3. The van der Waals surface area contributed by atoms with Crippen molar-refractivity contribution in [3.63, 3.8) is 0 Å². The molecule has 80 valence electrons. The van der Waals surface area contributed by atoms with E-state index in [0.717, 1.165) is 19.4 Å². The van der Waals surface area contributed by atoms with Crippen LogP contribution in [0.3, 0.4) is 0 Å². The maximum Gasteiger partial charge on any atom is 0.125 e. The number of halogens is 3. The van der Waals surface area contributed by atoms with E-state index in [0.29, 0.717) is 21.0 Å². The first-order valence-corrected chi connectivity index (χ1v) is 5.76. The SMILES string of the molecule is N=C1CCCN1c1c(Cl)cc(F)cc1Br. The number of rotatable bonds is 1. The van der Waals surface area contributed by atoms with Crippen molar-refractivity contribution >= 4 is 39.1 Å². The number of hydrogen-bond acceptors (Lipinski definition) is 1. The molecule has 0 spiro atoms. The van der Waals surface area contributed by atoms with Gasteiger partial charge in [-0.3, -0.25) is 5.41 Å². The van der Waals surface area contributed by atoms with Gasteiger partial charge in [0.15, 0.2) is 0 Å². The molecule has 0 bridgehead atoms. The number of nitrogens with zero attached hydrogens (tertiary/aromatic N) is 1. The third-order valence-electron chi connectivity index (χ3n) is 2.37. The van der Waals surface area contributed by atoms with Crippen LogP contribution >= 0.6 is 27.5 Å². The molecule has 1 aliphatic heterocycles. The second-order valence-electron chi connectivity index (χ2n) is 3.42. The van der Waals surface area contributed by atoms with E-state index in [1.54, 1.807) is 0 Å². The number of nitrogens with one attached hydrogen (secondary N) is 1. The van der Waals surface area contributed by atoms with Gasteiger partial charge in [0, 0.05) is 17.4 Å². The van der Waals surface area contributed by atoms with E-state index >= 15 is 0 Å². The molecular formula is C10H9BrClFN2. The summed E-state index contributed by atoms with van der Waals surface area (Å²) in [6.07, 6.45) is 1.69. The van der Waals surface area contributed by atoms with Gasteiger partial charge in [0.25, 0.3) is 0 Å². The van der Waals surface area contributed by atoms with Gasteiger partial charge in [-0.1, -0.05) is 11.6 Å². The van der Waals surface area contributed by atoms with E-state index in [9.17, 15) is 4.39 Å². The van der Waals surface area contributed by atoms with Gasteiger partial charge < -0.3 is 4.90 Å². The molecular weight excluding hydrogens is 282 g/mol. The topological polar surface area (TPSA) is 27.1 Å². The van der Waals surface area contributed by atoms with E-state index < -0.39 is 0 Å². The zero-order chi connectivity index (χ0) is 11.0. The average Bonchev–Trinajstić information content (AvgIpc) is 2.50. The van der Waals surface area contributed by atoms with Crippen LogP contribution in [-0.4, -0.2) is 12.4 Å². The summed E-state index contributed by atoms with van der Waals surface area (Å²) in [5.74, 6) is 0.158. The van der Waals surface area contributed by atoms with Crippen molar-refractivity contribution in [2.45, 2.75) is 12.8 Å². The maximum atomic E-state index is 13.0. The molecule has 0 saturated carbocycles. The minimum atomic E-state index is -0.374. The van der Waals surface area contributed by atoms with Crippen LogP contribution in [-0.2, 0) is 0 Å². The van der Waals surface area contributed by atoms with Crippen molar-refractivity contribution < 1.29 is 4.39 Å². The van der Waals surface area contributed by atoms with Crippen LogP contribution in [0.2, 0.25) is 5.02 Å². The highest BCUT2D eigenvalue weighted by atomic mass is 79.9. The Kier molecular flexibility index (Phi) is 2.98. The predicted octanol–water partition coefficient (Wildman–Crippen LogP) is 3.82. The molecule has 1 N–H and O–H groups in total. The van der Waals surface area contributed by atoms with Crippen LogP contribution in [0.4, 0.5) is 10.1 Å². The summed E-state index contributed by atoms with van der Waals surface area (Å²) >= 11 is 9.24. The van der Waals surface area contributed by atoms with Crippen LogP contribution < -0.4 is 4.90 Å². The van der Waals surface area contributed by atoms with E-state index in [2.05, 4.69) is 15.9 Å². The fourth-order valence-electron chi connectivity index (χ4n) is 1.71. The number of anilines is 1. The molecule has 1 aromatic rings. The van der Waals surface area contributed by atoms with Crippen LogP contribution in [0.5, 0.6) is 0 Å². The fourth-order valence-corrected chi connectivity index (χ4v) is 2.78. The molecule has 15 heavy (non-hydrogen) atoms. The van der Waals surface area contributed by atoms with Crippen molar-refractivity contribution in [1.29, 1.82) is 5.41 Å². The molecule has 0 aliphatic carbocycles. The summed E-state index contributed by atoms with van der Waals surface area (Å²) < 4.78 is 13.6. The minimum absolute atomic E-state index is 0.341. The quantitative estimate of drug-likeness (QED) is 0.837. The number of benzene rings is 1. The zero-order valence-electron chi connectivity index (χ0n) is 7.86. The molecule has 2 rings (SSSR count). The molecule has 1 saturated heterocycles. The Morgan fingerprint density at radius 2 is 2.20 bits per heavy atom. The van der Waals surface area contributed by atoms with Gasteiger partial charge in [-0.05, 0) is 34.5 Å². The summed E-state index contributed by atoms with van der Waals surface area (Å²) in [5, 5.41) is 8.08. The van der Waals surface area contributed by atoms with E-state index in [1.165, 1.54) is 12.1 Å². The first kappa shape index (κ1) is 10.9. The lowest BCUT2D eigenvalue weighted by Gasteiger charge is -2.20. The van der Waals surface area contributed by atoms with Crippen LogP contribution in [0.25, 0.3) is 0 Å². The third kappa shape index (κ3) is 2.01. The van der Waals surface area contributed by atoms with Gasteiger partial charge >= 0.3 is 0 Å². The molecule has 0 radical (unpaired) electrons. The third-order valence-corrected chi connectivity index (χ3v) is 3.27. The Labute approximate surface area is 101 Å². The molecule has 1 fully saturated rings. The second-order valence-corrected chi connectivity index (χ2v) is 4.68. The summed E-state index contributed by atoms with van der Waals surface area (Å²) in [5.41, 5.74) is 0.695. The summed E-state index contributed by atoms with van der Waals surface area (Å²) in [7, 11) is 0. The Balaban J connectivity index is 2.47. The van der Waals surface area contributed by atoms with E-state index in [1.807, 2.05) is 4.90 Å². The second kappa shape index (κ2) is 4.10. The Hall–Kier alpha value is -0.610. The average molecular weight is 292 g/mol. The van der Waals surface area contributed by atoms with Gasteiger partial charge in [-0.15, -0.1) is 0 Å². The standard InChI is InChI=1S/C10H9BrClFN2/c11-7-4-6(13)5-8(12)10(7)15-3-1-2-9(15)14/h4-5,14H,1-3H2. The summed E-state index contributed by atoms with van der Waals surface area (Å²) in [4.78, 5) is 1.81. The smallest absolute Gasteiger partial charge is 0.125 e. The van der Waals surface area contributed by atoms with Crippen molar-refractivity contribution in [3.05, 3.63) is 27.4 Å². The highest BCUT2D eigenvalue weighted by Gasteiger charge is 2.23. The van der Waals surface area contributed by atoms with Crippen molar-refractivity contribution in [3.8, 4) is 0 Å². The van der Waals surface area contributed by atoms with Gasteiger partial charge in [0.1, 0.15) is 11.7 Å². The lowest BCUT2D eigenvalue weighted by Crippen LogP contribution is -2.23. The van der Waals surface area contributed by atoms with Gasteiger partial charge in [-0.25, -0.2) is 4.39 Å². The molecule has 1 aromatic carbocycles. The highest BCUT2D eigenvalue weighted by Crippen LogP contribution is 2.37. The van der Waals surface area contributed by atoms with Crippen LogP contribution in [0.15, 0.2) is 16.6 Å². The Bertz CT molecular complexity index is 399. The van der Waals surface area contributed by atoms with Crippen molar-refractivity contribution in [2.24, 2.45) is 0 Å². The number of hydrogen-bond donors (Lipinski definition) is 1. The predicted molar refractivity (Wildman–Crippen MR) is 63.4 cm³/mol. The van der Waals surface area contributed by atoms with Crippen LogP contribution in [0.1, 0.15) is 12.8 Å². The minimum Gasteiger partial charge on any atom is -0.328 e. The summed E-state index contributed by atoms with van der Waals surface area (Å²) in [6, 6.07) is 2.64. The molecule has 5 heteroatoms. The zero-order valence-corrected chi connectivity index (χ0v) is 10.2. The molecule has 2 nitrogen and oxygen atoms in total. The monoisotopic (exact) mass is 290 g/mol.